The third-order valence-electron chi connectivity index (χ3n) is 5.63. The molecule has 0 aliphatic carbocycles. The average Bonchev–Trinajstić information content (AvgIpc) is 3.32. The Balaban J connectivity index is 1.34. The number of rotatable bonds is 6. The fraction of sp³-hybridized carbons (Fsp3) is 0.409. The molecule has 1 aliphatic rings. The second-order valence-electron chi connectivity index (χ2n) is 7.44. The number of likely N-dealkylation sites (tertiary alicyclic amines) is 1. The standard InChI is InChI=1S/C22H26N4O2/c1-25-20(24-18-7-5-12-23-22(18)25)14-16-11-13-26(15-16)21(27)10-9-17-6-3-4-8-19(17)28-2/h3-8,12,16H,9-11,13-15H2,1-2H3. The third kappa shape index (κ3) is 3.72. The molecule has 0 N–H and O–H groups in total. The molecule has 1 fully saturated rings. The number of ether oxygens (including phenoxy) is 1. The van der Waals surface area contributed by atoms with E-state index in [-0.39, 0.29) is 5.91 Å². The number of amides is 1. The minimum absolute atomic E-state index is 0.222. The SMILES string of the molecule is COc1ccccc1CCC(=O)N1CCC(Cc2nc3cccnc3n2C)C1. The second-order valence-corrected chi connectivity index (χ2v) is 7.44. The molecule has 3 aromatic rings. The van der Waals surface area contributed by atoms with E-state index in [1.54, 1.807) is 13.3 Å². The van der Waals surface area contributed by atoms with Crippen molar-refractivity contribution in [2.24, 2.45) is 13.0 Å². The molecule has 28 heavy (non-hydrogen) atoms. The fourth-order valence-electron chi connectivity index (χ4n) is 4.05. The maximum Gasteiger partial charge on any atom is 0.222 e. The third-order valence-corrected chi connectivity index (χ3v) is 5.63. The van der Waals surface area contributed by atoms with Gasteiger partial charge in [-0.2, -0.15) is 0 Å². The second kappa shape index (κ2) is 8.00. The quantitative estimate of drug-likeness (QED) is 0.662. The smallest absolute Gasteiger partial charge is 0.222 e. The zero-order valence-corrected chi connectivity index (χ0v) is 16.5. The van der Waals surface area contributed by atoms with Crippen LogP contribution in [0, 0.1) is 5.92 Å². The lowest BCUT2D eigenvalue weighted by molar-refractivity contribution is -0.130. The maximum atomic E-state index is 12.7. The van der Waals surface area contributed by atoms with Crippen molar-refractivity contribution in [3.63, 3.8) is 0 Å². The first-order valence-corrected chi connectivity index (χ1v) is 9.81. The van der Waals surface area contributed by atoms with Crippen molar-refractivity contribution in [1.29, 1.82) is 0 Å². The van der Waals surface area contributed by atoms with E-state index in [1.807, 2.05) is 48.3 Å². The Morgan fingerprint density at radius 2 is 2.11 bits per heavy atom. The molecule has 0 bridgehead atoms. The Morgan fingerprint density at radius 3 is 2.93 bits per heavy atom. The Labute approximate surface area is 165 Å². The van der Waals surface area contributed by atoms with Crippen molar-refractivity contribution in [3.8, 4) is 5.75 Å². The molecule has 1 atom stereocenters. The lowest BCUT2D eigenvalue weighted by Crippen LogP contribution is -2.29. The highest BCUT2D eigenvalue weighted by atomic mass is 16.5. The first-order chi connectivity index (χ1) is 13.7. The fourth-order valence-corrected chi connectivity index (χ4v) is 4.05. The number of nitrogens with zero attached hydrogens (tertiary/aromatic N) is 4. The summed E-state index contributed by atoms with van der Waals surface area (Å²) in [5.41, 5.74) is 2.93. The van der Waals surface area contributed by atoms with Crippen LogP contribution in [0.25, 0.3) is 11.2 Å². The van der Waals surface area contributed by atoms with E-state index in [0.717, 1.165) is 54.2 Å². The normalized spacial score (nSPS) is 16.6. The van der Waals surface area contributed by atoms with Crippen LogP contribution in [0.1, 0.15) is 24.2 Å². The van der Waals surface area contributed by atoms with Gasteiger partial charge in [-0.3, -0.25) is 4.79 Å². The summed E-state index contributed by atoms with van der Waals surface area (Å²) in [7, 11) is 3.69. The molecule has 6 nitrogen and oxygen atoms in total. The Bertz CT molecular complexity index is 982. The highest BCUT2D eigenvalue weighted by Crippen LogP contribution is 2.24. The lowest BCUT2D eigenvalue weighted by atomic mass is 10.0. The number of para-hydroxylation sites is 1. The highest BCUT2D eigenvalue weighted by Gasteiger charge is 2.27. The van der Waals surface area contributed by atoms with E-state index in [1.165, 1.54) is 0 Å². The average molecular weight is 378 g/mol. The summed E-state index contributed by atoms with van der Waals surface area (Å²) in [6.07, 6.45) is 4.93. The zero-order chi connectivity index (χ0) is 19.5. The molecule has 1 unspecified atom stereocenters. The van der Waals surface area contributed by atoms with Gasteiger partial charge in [-0.1, -0.05) is 18.2 Å². The summed E-state index contributed by atoms with van der Waals surface area (Å²) in [5.74, 6) is 2.57. The van der Waals surface area contributed by atoms with Gasteiger partial charge in [0.25, 0.3) is 0 Å². The molecular formula is C22H26N4O2. The predicted octanol–water partition coefficient (Wildman–Crippen LogP) is 3.00. The van der Waals surface area contributed by atoms with Gasteiger partial charge >= 0.3 is 0 Å². The number of carbonyl (C=O) groups excluding carboxylic acids is 1. The van der Waals surface area contributed by atoms with Gasteiger partial charge in [0.2, 0.25) is 5.91 Å². The topological polar surface area (TPSA) is 60.2 Å². The summed E-state index contributed by atoms with van der Waals surface area (Å²) in [6, 6.07) is 11.8. The number of aromatic nitrogens is 3. The van der Waals surface area contributed by atoms with Gasteiger partial charge < -0.3 is 14.2 Å². The molecule has 4 rings (SSSR count). The Morgan fingerprint density at radius 1 is 1.25 bits per heavy atom. The van der Waals surface area contributed by atoms with Crippen LogP contribution in [-0.2, 0) is 24.7 Å². The maximum absolute atomic E-state index is 12.7. The van der Waals surface area contributed by atoms with Crippen LogP contribution in [0.5, 0.6) is 5.75 Å². The van der Waals surface area contributed by atoms with Gasteiger partial charge in [0.05, 0.1) is 7.11 Å². The van der Waals surface area contributed by atoms with Crippen molar-refractivity contribution in [1.82, 2.24) is 19.4 Å². The number of benzene rings is 1. The molecule has 146 valence electrons. The number of pyridine rings is 1. The molecular weight excluding hydrogens is 352 g/mol. The highest BCUT2D eigenvalue weighted by molar-refractivity contribution is 5.77. The minimum Gasteiger partial charge on any atom is -0.496 e. The van der Waals surface area contributed by atoms with Crippen molar-refractivity contribution in [3.05, 3.63) is 54.0 Å². The Hall–Kier alpha value is -2.89. The van der Waals surface area contributed by atoms with Crippen LogP contribution < -0.4 is 4.74 Å². The van der Waals surface area contributed by atoms with Crippen molar-refractivity contribution >= 4 is 17.1 Å². The summed E-state index contributed by atoms with van der Waals surface area (Å²) in [4.78, 5) is 23.8. The first kappa shape index (κ1) is 18.5. The molecule has 6 heteroatoms. The first-order valence-electron chi connectivity index (χ1n) is 9.81. The van der Waals surface area contributed by atoms with Crippen LogP contribution in [-0.4, -0.2) is 45.5 Å². The minimum atomic E-state index is 0.222. The van der Waals surface area contributed by atoms with Gasteiger partial charge in [0.15, 0.2) is 5.65 Å². The van der Waals surface area contributed by atoms with Gasteiger partial charge in [0.1, 0.15) is 17.1 Å². The molecule has 0 spiro atoms. The molecule has 1 saturated heterocycles. The predicted molar refractivity (Wildman–Crippen MR) is 108 cm³/mol. The molecule has 3 heterocycles. The molecule has 1 amide bonds. The lowest BCUT2D eigenvalue weighted by Gasteiger charge is -2.17. The summed E-state index contributed by atoms with van der Waals surface area (Å²) < 4.78 is 7.45. The largest absolute Gasteiger partial charge is 0.496 e. The number of hydrogen-bond acceptors (Lipinski definition) is 4. The number of fused-ring (bicyclic) bond motifs is 1. The number of methoxy groups -OCH3 is 1. The van der Waals surface area contributed by atoms with Gasteiger partial charge in [-0.25, -0.2) is 9.97 Å². The van der Waals surface area contributed by atoms with Gasteiger partial charge in [0, 0.05) is 39.2 Å². The van der Waals surface area contributed by atoms with Crippen molar-refractivity contribution in [2.45, 2.75) is 25.7 Å². The van der Waals surface area contributed by atoms with Gasteiger partial charge in [-0.05, 0) is 42.5 Å². The number of carbonyl (C=O) groups is 1. The van der Waals surface area contributed by atoms with E-state index < -0.39 is 0 Å². The van der Waals surface area contributed by atoms with Crippen LogP contribution in [0.4, 0.5) is 0 Å². The van der Waals surface area contributed by atoms with Crippen molar-refractivity contribution < 1.29 is 9.53 Å². The summed E-state index contributed by atoms with van der Waals surface area (Å²) in [6.45, 7) is 1.64. The van der Waals surface area contributed by atoms with E-state index in [9.17, 15) is 4.79 Å². The van der Waals surface area contributed by atoms with Crippen LogP contribution in [0.15, 0.2) is 42.6 Å². The molecule has 2 aromatic heterocycles. The van der Waals surface area contributed by atoms with Crippen LogP contribution in [0.3, 0.4) is 0 Å². The number of hydrogen-bond donors (Lipinski definition) is 0. The Kier molecular flexibility index (Phi) is 5.28. The van der Waals surface area contributed by atoms with E-state index >= 15 is 0 Å². The monoisotopic (exact) mass is 378 g/mol. The van der Waals surface area contributed by atoms with Crippen molar-refractivity contribution in [2.75, 3.05) is 20.2 Å². The summed E-state index contributed by atoms with van der Waals surface area (Å²) >= 11 is 0. The van der Waals surface area contributed by atoms with E-state index in [2.05, 4.69) is 9.55 Å². The zero-order valence-electron chi connectivity index (χ0n) is 16.5. The van der Waals surface area contributed by atoms with E-state index in [0.29, 0.717) is 18.8 Å². The number of aryl methyl sites for hydroxylation is 2. The van der Waals surface area contributed by atoms with Crippen LogP contribution in [0.2, 0.25) is 0 Å². The molecule has 0 radical (unpaired) electrons. The summed E-state index contributed by atoms with van der Waals surface area (Å²) in [5, 5.41) is 0. The van der Waals surface area contributed by atoms with E-state index in [4.69, 9.17) is 9.72 Å². The molecule has 0 saturated carbocycles. The van der Waals surface area contributed by atoms with Crippen LogP contribution >= 0.6 is 0 Å². The number of imidazole rings is 1. The molecule has 1 aliphatic heterocycles. The molecule has 1 aromatic carbocycles. The van der Waals surface area contributed by atoms with Gasteiger partial charge in [-0.15, -0.1) is 0 Å².